The molecular weight excluding hydrogens is 222 g/mol. The van der Waals surface area contributed by atoms with E-state index in [0.29, 0.717) is 12.1 Å². The molecular formula is C15H21N3. The Morgan fingerprint density at radius 1 is 1.22 bits per heavy atom. The zero-order valence-electron chi connectivity index (χ0n) is 11.0. The van der Waals surface area contributed by atoms with Crippen LogP contribution in [0.1, 0.15) is 31.2 Å². The molecule has 0 bridgehead atoms. The van der Waals surface area contributed by atoms with Gasteiger partial charge in [-0.2, -0.15) is 0 Å². The Morgan fingerprint density at radius 2 is 2.00 bits per heavy atom. The molecule has 1 saturated carbocycles. The zero-order chi connectivity index (χ0) is 12.4. The molecule has 0 unspecified atom stereocenters. The highest BCUT2D eigenvalue weighted by Crippen LogP contribution is 2.25. The van der Waals surface area contributed by atoms with Gasteiger partial charge in [0.15, 0.2) is 5.96 Å². The molecule has 3 rings (SSSR count). The third kappa shape index (κ3) is 2.35. The van der Waals surface area contributed by atoms with E-state index in [1.54, 1.807) is 0 Å². The van der Waals surface area contributed by atoms with Crippen molar-refractivity contribution in [2.75, 3.05) is 7.05 Å². The van der Waals surface area contributed by atoms with Crippen LogP contribution >= 0.6 is 0 Å². The molecule has 1 aliphatic carbocycles. The van der Waals surface area contributed by atoms with E-state index in [0.717, 1.165) is 12.5 Å². The summed E-state index contributed by atoms with van der Waals surface area (Å²) in [6.45, 7) is 0.923. The Labute approximate surface area is 109 Å². The number of nitrogens with one attached hydrogen (secondary N) is 1. The highest BCUT2D eigenvalue weighted by atomic mass is 15.3. The summed E-state index contributed by atoms with van der Waals surface area (Å²) >= 11 is 0. The van der Waals surface area contributed by atoms with Gasteiger partial charge in [0.25, 0.3) is 0 Å². The smallest absolute Gasteiger partial charge is 0.194 e. The average Bonchev–Trinajstić information content (AvgIpc) is 2.84. The Kier molecular flexibility index (Phi) is 3.22. The fraction of sp³-hybridized carbons (Fsp3) is 0.533. The first-order valence-electron chi connectivity index (χ1n) is 6.92. The van der Waals surface area contributed by atoms with E-state index in [-0.39, 0.29) is 0 Å². The Balaban J connectivity index is 1.65. The van der Waals surface area contributed by atoms with Gasteiger partial charge in [-0.3, -0.25) is 0 Å². The monoisotopic (exact) mass is 243 g/mol. The van der Waals surface area contributed by atoms with Crippen LogP contribution in [0.15, 0.2) is 35.3 Å². The van der Waals surface area contributed by atoms with E-state index in [2.05, 4.69) is 47.6 Å². The topological polar surface area (TPSA) is 27.6 Å². The van der Waals surface area contributed by atoms with Crippen molar-refractivity contribution in [1.29, 1.82) is 0 Å². The minimum Gasteiger partial charge on any atom is -0.351 e. The molecule has 0 aromatic heterocycles. The van der Waals surface area contributed by atoms with Crippen LogP contribution in [0.25, 0.3) is 0 Å². The maximum absolute atomic E-state index is 4.84. The Morgan fingerprint density at radius 3 is 2.78 bits per heavy atom. The highest BCUT2D eigenvalue weighted by molar-refractivity contribution is 5.82. The summed E-state index contributed by atoms with van der Waals surface area (Å²) in [7, 11) is 2.12. The third-order valence-electron chi connectivity index (χ3n) is 3.96. The van der Waals surface area contributed by atoms with Crippen molar-refractivity contribution >= 4 is 5.96 Å². The number of nitrogens with zero attached hydrogens (tertiary/aromatic N) is 2. The van der Waals surface area contributed by atoms with Gasteiger partial charge in [-0.25, -0.2) is 4.99 Å². The van der Waals surface area contributed by atoms with Crippen LogP contribution in [0, 0.1) is 0 Å². The molecule has 0 radical (unpaired) electrons. The number of guanidine groups is 1. The van der Waals surface area contributed by atoms with E-state index in [1.807, 2.05) is 0 Å². The molecule has 1 heterocycles. The SMILES string of the molecule is CN(Cc1ccccc1)C1=N[C@@H]2CCCC[C@H]2N1. The molecule has 3 nitrogen and oxygen atoms in total. The second kappa shape index (κ2) is 5.01. The van der Waals surface area contributed by atoms with Gasteiger partial charge in [-0.1, -0.05) is 43.2 Å². The van der Waals surface area contributed by atoms with E-state index in [4.69, 9.17) is 4.99 Å². The lowest BCUT2D eigenvalue weighted by molar-refractivity contribution is 0.381. The number of fused-ring (bicyclic) bond motifs is 1. The Bertz CT molecular complexity index is 427. The van der Waals surface area contributed by atoms with Gasteiger partial charge in [-0.15, -0.1) is 0 Å². The fourth-order valence-corrected chi connectivity index (χ4v) is 2.94. The molecule has 1 aromatic rings. The Hall–Kier alpha value is -1.51. The molecule has 1 aliphatic heterocycles. The fourth-order valence-electron chi connectivity index (χ4n) is 2.94. The molecule has 1 aromatic carbocycles. The molecule has 1 N–H and O–H groups in total. The van der Waals surface area contributed by atoms with Crippen molar-refractivity contribution in [3.05, 3.63) is 35.9 Å². The van der Waals surface area contributed by atoms with Crippen molar-refractivity contribution in [3.8, 4) is 0 Å². The number of rotatable bonds is 2. The van der Waals surface area contributed by atoms with Crippen LogP contribution in [0.3, 0.4) is 0 Å². The average molecular weight is 243 g/mol. The van der Waals surface area contributed by atoms with E-state index < -0.39 is 0 Å². The summed E-state index contributed by atoms with van der Waals surface area (Å²) in [5.41, 5.74) is 1.33. The summed E-state index contributed by atoms with van der Waals surface area (Å²) < 4.78 is 0. The van der Waals surface area contributed by atoms with Gasteiger partial charge in [0.2, 0.25) is 0 Å². The van der Waals surface area contributed by atoms with Gasteiger partial charge in [0.1, 0.15) is 0 Å². The molecule has 0 amide bonds. The molecule has 0 saturated heterocycles. The van der Waals surface area contributed by atoms with Gasteiger partial charge in [0, 0.05) is 13.6 Å². The third-order valence-corrected chi connectivity index (χ3v) is 3.96. The molecule has 18 heavy (non-hydrogen) atoms. The van der Waals surface area contributed by atoms with Crippen molar-refractivity contribution < 1.29 is 0 Å². The van der Waals surface area contributed by atoms with Gasteiger partial charge >= 0.3 is 0 Å². The maximum atomic E-state index is 4.84. The van der Waals surface area contributed by atoms with Crippen molar-refractivity contribution in [1.82, 2.24) is 10.2 Å². The molecule has 0 spiro atoms. The number of hydrogen-bond donors (Lipinski definition) is 1. The van der Waals surface area contributed by atoms with Gasteiger partial charge < -0.3 is 10.2 Å². The number of benzene rings is 1. The molecule has 2 atom stereocenters. The first-order chi connectivity index (χ1) is 8.83. The van der Waals surface area contributed by atoms with E-state index >= 15 is 0 Å². The van der Waals surface area contributed by atoms with Crippen LogP contribution < -0.4 is 5.32 Å². The summed E-state index contributed by atoms with van der Waals surface area (Å²) in [6, 6.07) is 11.7. The lowest BCUT2D eigenvalue weighted by Crippen LogP contribution is -2.42. The summed E-state index contributed by atoms with van der Waals surface area (Å²) in [5, 5.41) is 3.59. The summed E-state index contributed by atoms with van der Waals surface area (Å²) in [4.78, 5) is 7.07. The summed E-state index contributed by atoms with van der Waals surface area (Å²) in [6.07, 6.45) is 5.21. The molecule has 1 fully saturated rings. The second-order valence-corrected chi connectivity index (χ2v) is 5.40. The molecule has 96 valence electrons. The van der Waals surface area contributed by atoms with E-state index in [9.17, 15) is 0 Å². The van der Waals surface area contributed by atoms with Crippen LogP contribution in [-0.2, 0) is 6.54 Å². The zero-order valence-corrected chi connectivity index (χ0v) is 11.0. The normalized spacial score (nSPS) is 26.2. The first-order valence-corrected chi connectivity index (χ1v) is 6.92. The number of aliphatic imine (C=N–C) groups is 1. The van der Waals surface area contributed by atoms with Crippen molar-refractivity contribution in [2.45, 2.75) is 44.3 Å². The largest absolute Gasteiger partial charge is 0.351 e. The lowest BCUT2D eigenvalue weighted by atomic mass is 9.92. The maximum Gasteiger partial charge on any atom is 0.194 e. The number of hydrogen-bond acceptors (Lipinski definition) is 3. The molecule has 3 heteroatoms. The van der Waals surface area contributed by atoms with Crippen molar-refractivity contribution in [2.24, 2.45) is 4.99 Å². The highest BCUT2D eigenvalue weighted by Gasteiger charge is 2.31. The predicted molar refractivity (Wildman–Crippen MR) is 74.5 cm³/mol. The quantitative estimate of drug-likeness (QED) is 0.863. The standard InChI is InChI=1S/C15H21N3/c1-18(11-12-7-3-2-4-8-12)15-16-13-9-5-6-10-14(13)17-15/h2-4,7-8,13-14H,5-6,9-11H2,1H3,(H,16,17)/t13-,14-/m1/s1. The predicted octanol–water partition coefficient (Wildman–Crippen LogP) is 2.39. The summed E-state index contributed by atoms with van der Waals surface area (Å²) in [5.74, 6) is 1.08. The minimum atomic E-state index is 0.520. The first kappa shape index (κ1) is 11.6. The van der Waals surface area contributed by atoms with Gasteiger partial charge in [-0.05, 0) is 18.4 Å². The van der Waals surface area contributed by atoms with E-state index in [1.165, 1.54) is 31.2 Å². The second-order valence-electron chi connectivity index (χ2n) is 5.40. The van der Waals surface area contributed by atoms with Crippen LogP contribution in [0.2, 0.25) is 0 Å². The van der Waals surface area contributed by atoms with Crippen LogP contribution in [0.5, 0.6) is 0 Å². The van der Waals surface area contributed by atoms with Crippen LogP contribution in [0.4, 0.5) is 0 Å². The van der Waals surface area contributed by atoms with Crippen LogP contribution in [-0.4, -0.2) is 30.0 Å². The van der Waals surface area contributed by atoms with Gasteiger partial charge in [0.05, 0.1) is 12.1 Å². The van der Waals surface area contributed by atoms with Crippen molar-refractivity contribution in [3.63, 3.8) is 0 Å². The lowest BCUT2D eigenvalue weighted by Gasteiger charge is -2.24. The molecule has 2 aliphatic rings. The minimum absolute atomic E-state index is 0.520.